The average Bonchev–Trinajstić information content (AvgIpc) is 3.55. The highest BCUT2D eigenvalue weighted by molar-refractivity contribution is 5.87. The fourth-order valence-corrected chi connectivity index (χ4v) is 5.75. The van der Waals surface area contributed by atoms with Gasteiger partial charge in [0.25, 0.3) is 0 Å². The van der Waals surface area contributed by atoms with Gasteiger partial charge in [-0.15, -0.1) is 0 Å². The van der Waals surface area contributed by atoms with Crippen molar-refractivity contribution in [1.82, 2.24) is 24.4 Å². The van der Waals surface area contributed by atoms with Crippen LogP contribution in [-0.4, -0.2) is 43.0 Å². The maximum atomic E-state index is 9.64. The highest BCUT2D eigenvalue weighted by Crippen LogP contribution is 2.43. The van der Waals surface area contributed by atoms with Crippen molar-refractivity contribution in [1.29, 1.82) is 5.26 Å². The van der Waals surface area contributed by atoms with Gasteiger partial charge in [-0.2, -0.15) is 15.5 Å². The molecule has 0 amide bonds. The van der Waals surface area contributed by atoms with E-state index in [4.69, 9.17) is 10.7 Å². The number of aromatic nitrogens is 5. The Morgan fingerprint density at radius 2 is 1.82 bits per heavy atom. The number of rotatable bonds is 3. The molecule has 0 bridgehead atoms. The van der Waals surface area contributed by atoms with Crippen molar-refractivity contribution >= 4 is 11.3 Å². The van der Waals surface area contributed by atoms with E-state index in [9.17, 15) is 5.26 Å². The molecule has 6 rings (SSSR count). The van der Waals surface area contributed by atoms with Gasteiger partial charge in [-0.05, 0) is 49.8 Å². The highest BCUT2D eigenvalue weighted by atomic mass is 15.2. The molecule has 1 saturated heterocycles. The van der Waals surface area contributed by atoms with Gasteiger partial charge in [-0.1, -0.05) is 0 Å². The lowest BCUT2D eigenvalue weighted by Gasteiger charge is -2.23. The summed E-state index contributed by atoms with van der Waals surface area (Å²) in [5.74, 6) is 2.31. The largest absolute Gasteiger partial charge is 0.356 e. The fraction of sp³-hybridized carbons (Fsp3) is 0.360. The standard InChI is InChI=1S/C25H26N8/c1-25(27)6-18-13-32(14-19(18)7-25)23-4-3-16(9-28-23)22-5-17(21-11-29-31(2)12-21)15-33-24(22)20(8-26)10-30-33/h3-5,9-12,15,18-19H,6-7,13-14,27H2,1-2H3/t18-,19+,25-. The maximum Gasteiger partial charge on any atom is 0.128 e. The van der Waals surface area contributed by atoms with Crippen molar-refractivity contribution < 1.29 is 0 Å². The molecule has 1 aliphatic carbocycles. The summed E-state index contributed by atoms with van der Waals surface area (Å²) < 4.78 is 3.55. The molecule has 0 aromatic carbocycles. The van der Waals surface area contributed by atoms with Gasteiger partial charge in [0.15, 0.2) is 0 Å². The van der Waals surface area contributed by atoms with Crippen molar-refractivity contribution in [2.45, 2.75) is 25.3 Å². The number of hydrogen-bond acceptors (Lipinski definition) is 6. The second-order valence-electron chi connectivity index (χ2n) is 9.90. The summed E-state index contributed by atoms with van der Waals surface area (Å²) in [7, 11) is 1.90. The Morgan fingerprint density at radius 1 is 1.03 bits per heavy atom. The first-order valence-electron chi connectivity index (χ1n) is 11.3. The number of nitrogens with two attached hydrogens (primary N) is 1. The lowest BCUT2D eigenvalue weighted by molar-refractivity contribution is 0.449. The summed E-state index contributed by atoms with van der Waals surface area (Å²) in [6, 6.07) is 8.55. The Kier molecular flexibility index (Phi) is 4.32. The number of pyridine rings is 2. The molecule has 8 nitrogen and oxygen atoms in total. The van der Waals surface area contributed by atoms with Crippen molar-refractivity contribution in [2.24, 2.45) is 24.6 Å². The van der Waals surface area contributed by atoms with Gasteiger partial charge in [0.1, 0.15) is 11.9 Å². The predicted octanol–water partition coefficient (Wildman–Crippen LogP) is 3.23. The molecule has 3 atom stereocenters. The molecule has 4 aromatic rings. The van der Waals surface area contributed by atoms with E-state index in [0.29, 0.717) is 17.4 Å². The third-order valence-electron chi connectivity index (χ3n) is 7.19. The molecule has 0 spiro atoms. The van der Waals surface area contributed by atoms with Crippen molar-refractivity contribution in [3.63, 3.8) is 0 Å². The Labute approximate surface area is 192 Å². The third kappa shape index (κ3) is 3.36. The number of nitriles is 1. The van der Waals surface area contributed by atoms with E-state index in [1.165, 1.54) is 0 Å². The molecular formula is C25H26N8. The molecule has 0 unspecified atom stereocenters. The minimum absolute atomic E-state index is 0.0208. The zero-order chi connectivity index (χ0) is 22.7. The van der Waals surface area contributed by atoms with E-state index in [1.807, 2.05) is 31.8 Å². The van der Waals surface area contributed by atoms with Gasteiger partial charge in [0.05, 0.1) is 23.5 Å². The predicted molar refractivity (Wildman–Crippen MR) is 126 cm³/mol. The molecule has 4 aromatic heterocycles. The second-order valence-corrected chi connectivity index (χ2v) is 9.90. The Hall–Kier alpha value is -3.70. The normalized spacial score (nSPS) is 24.4. The van der Waals surface area contributed by atoms with Crippen LogP contribution in [0.4, 0.5) is 5.82 Å². The summed E-state index contributed by atoms with van der Waals surface area (Å²) in [6.07, 6.45) is 11.4. The highest BCUT2D eigenvalue weighted by Gasteiger charge is 2.45. The first kappa shape index (κ1) is 19.9. The van der Waals surface area contributed by atoms with Gasteiger partial charge >= 0.3 is 0 Å². The second kappa shape index (κ2) is 7.15. The Morgan fingerprint density at radius 3 is 2.45 bits per heavy atom. The first-order chi connectivity index (χ1) is 15.9. The van der Waals surface area contributed by atoms with Crippen LogP contribution in [0, 0.1) is 23.2 Å². The summed E-state index contributed by atoms with van der Waals surface area (Å²) in [5, 5.41) is 18.4. The molecule has 2 fully saturated rings. The van der Waals surface area contributed by atoms with Crippen molar-refractivity contribution in [3.8, 4) is 28.3 Å². The molecule has 33 heavy (non-hydrogen) atoms. The van der Waals surface area contributed by atoms with Crippen LogP contribution < -0.4 is 10.6 Å². The van der Waals surface area contributed by atoms with Crippen LogP contribution in [0.2, 0.25) is 0 Å². The maximum absolute atomic E-state index is 9.64. The fourth-order valence-electron chi connectivity index (χ4n) is 5.75. The van der Waals surface area contributed by atoms with Gasteiger partial charge in [-0.25, -0.2) is 9.50 Å². The minimum atomic E-state index is -0.0208. The van der Waals surface area contributed by atoms with Crippen LogP contribution in [0.3, 0.4) is 0 Å². The molecule has 166 valence electrons. The Balaban J connectivity index is 1.36. The number of nitrogens with zero attached hydrogens (tertiary/aromatic N) is 7. The van der Waals surface area contributed by atoms with Crippen LogP contribution in [0.15, 0.2) is 49.2 Å². The molecule has 5 heterocycles. The third-order valence-corrected chi connectivity index (χ3v) is 7.19. The van der Waals surface area contributed by atoms with E-state index in [2.05, 4.69) is 46.3 Å². The van der Waals surface area contributed by atoms with Crippen LogP contribution in [0.1, 0.15) is 25.3 Å². The molecule has 1 aliphatic heterocycles. The average molecular weight is 439 g/mol. The number of anilines is 1. The van der Waals surface area contributed by atoms with E-state index in [0.717, 1.165) is 59.5 Å². The van der Waals surface area contributed by atoms with Crippen LogP contribution in [0.25, 0.3) is 27.8 Å². The van der Waals surface area contributed by atoms with Gasteiger partial charge in [0.2, 0.25) is 0 Å². The van der Waals surface area contributed by atoms with E-state index in [-0.39, 0.29) is 5.54 Å². The van der Waals surface area contributed by atoms with Crippen LogP contribution in [-0.2, 0) is 7.05 Å². The van der Waals surface area contributed by atoms with Crippen LogP contribution in [0.5, 0.6) is 0 Å². The SMILES string of the molecule is Cn1cc(-c2cc(-c3ccc(N4C[C@@H]5C[C@](C)(N)C[C@@H]5C4)nc3)c3c(C#N)cnn3c2)cn1. The Bertz CT molecular complexity index is 1370. The lowest BCUT2D eigenvalue weighted by Crippen LogP contribution is -2.35. The zero-order valence-electron chi connectivity index (χ0n) is 18.8. The number of hydrogen-bond donors (Lipinski definition) is 1. The summed E-state index contributed by atoms with van der Waals surface area (Å²) in [5.41, 5.74) is 11.6. The monoisotopic (exact) mass is 438 g/mol. The summed E-state index contributed by atoms with van der Waals surface area (Å²) in [6.45, 7) is 4.21. The smallest absolute Gasteiger partial charge is 0.128 e. The first-order valence-corrected chi connectivity index (χ1v) is 11.3. The molecule has 8 heteroatoms. The lowest BCUT2D eigenvalue weighted by atomic mass is 10.00. The van der Waals surface area contributed by atoms with Gasteiger partial charge < -0.3 is 10.6 Å². The quantitative estimate of drug-likeness (QED) is 0.527. The van der Waals surface area contributed by atoms with Crippen molar-refractivity contribution in [2.75, 3.05) is 18.0 Å². The zero-order valence-corrected chi connectivity index (χ0v) is 18.8. The molecular weight excluding hydrogens is 412 g/mol. The summed E-state index contributed by atoms with van der Waals surface area (Å²) >= 11 is 0. The molecule has 2 N–H and O–H groups in total. The molecule has 0 radical (unpaired) electrons. The number of aryl methyl sites for hydroxylation is 1. The van der Waals surface area contributed by atoms with Gasteiger partial charge in [0, 0.05) is 66.5 Å². The van der Waals surface area contributed by atoms with E-state index < -0.39 is 0 Å². The van der Waals surface area contributed by atoms with Gasteiger partial charge in [-0.3, -0.25) is 4.68 Å². The topological polar surface area (TPSA) is 101 Å². The molecule has 2 aliphatic rings. The van der Waals surface area contributed by atoms with Crippen LogP contribution >= 0.6 is 0 Å². The van der Waals surface area contributed by atoms with E-state index in [1.54, 1.807) is 15.4 Å². The van der Waals surface area contributed by atoms with Crippen molar-refractivity contribution in [3.05, 3.63) is 54.7 Å². The summed E-state index contributed by atoms with van der Waals surface area (Å²) in [4.78, 5) is 7.20. The minimum Gasteiger partial charge on any atom is -0.356 e. The number of fused-ring (bicyclic) bond motifs is 2. The van der Waals surface area contributed by atoms with E-state index >= 15 is 0 Å². The molecule has 1 saturated carbocycles.